The summed E-state index contributed by atoms with van der Waals surface area (Å²) in [5.74, 6) is 0.826. The molecule has 1 aromatic heterocycles. The van der Waals surface area contributed by atoms with Crippen LogP contribution in [0.5, 0.6) is 11.5 Å². The Hall–Kier alpha value is -2.66. The molecule has 2 heterocycles. The van der Waals surface area contributed by atoms with Crippen molar-refractivity contribution in [1.82, 2.24) is 15.1 Å². The molecular formula is C20H20FN3O. The van der Waals surface area contributed by atoms with E-state index in [1.165, 1.54) is 6.07 Å². The predicted octanol–water partition coefficient (Wildman–Crippen LogP) is 4.41. The minimum atomic E-state index is -0.333. The van der Waals surface area contributed by atoms with Crippen LogP contribution in [0.25, 0.3) is 11.3 Å². The van der Waals surface area contributed by atoms with E-state index in [1.807, 2.05) is 47.3 Å². The summed E-state index contributed by atoms with van der Waals surface area (Å²) in [6, 6.07) is 16.5. The molecule has 25 heavy (non-hydrogen) atoms. The van der Waals surface area contributed by atoms with Gasteiger partial charge in [0.05, 0.1) is 11.7 Å². The lowest BCUT2D eigenvalue weighted by Crippen LogP contribution is -2.31. The largest absolute Gasteiger partial charge is 0.457 e. The lowest BCUT2D eigenvalue weighted by Gasteiger charge is -2.22. The first-order valence-corrected chi connectivity index (χ1v) is 8.58. The van der Waals surface area contributed by atoms with Gasteiger partial charge in [0, 0.05) is 24.4 Å². The Morgan fingerprint density at radius 3 is 2.72 bits per heavy atom. The molecule has 2 aromatic carbocycles. The van der Waals surface area contributed by atoms with Crippen LogP contribution in [0, 0.1) is 5.82 Å². The molecule has 1 fully saturated rings. The van der Waals surface area contributed by atoms with E-state index in [9.17, 15) is 4.39 Å². The van der Waals surface area contributed by atoms with Gasteiger partial charge < -0.3 is 10.1 Å². The number of halogens is 1. The van der Waals surface area contributed by atoms with Gasteiger partial charge in [0.15, 0.2) is 0 Å². The second-order valence-corrected chi connectivity index (χ2v) is 6.24. The van der Waals surface area contributed by atoms with Crippen LogP contribution in [-0.2, 0) is 0 Å². The summed E-state index contributed by atoms with van der Waals surface area (Å²) in [6.45, 7) is 1.97. The fraction of sp³-hybridized carbons (Fsp3) is 0.250. The fourth-order valence-corrected chi connectivity index (χ4v) is 3.14. The second-order valence-electron chi connectivity index (χ2n) is 6.24. The summed E-state index contributed by atoms with van der Waals surface area (Å²) >= 11 is 0. The van der Waals surface area contributed by atoms with E-state index in [4.69, 9.17) is 4.74 Å². The topological polar surface area (TPSA) is 39.1 Å². The van der Waals surface area contributed by atoms with Crippen molar-refractivity contribution in [3.8, 4) is 22.8 Å². The minimum Gasteiger partial charge on any atom is -0.457 e. The zero-order chi connectivity index (χ0) is 17.1. The van der Waals surface area contributed by atoms with Crippen LogP contribution in [0.15, 0.2) is 60.8 Å². The molecular weight excluding hydrogens is 317 g/mol. The third-order valence-corrected chi connectivity index (χ3v) is 4.45. The summed E-state index contributed by atoms with van der Waals surface area (Å²) in [4.78, 5) is 0. The lowest BCUT2D eigenvalue weighted by molar-refractivity contribution is 0.347. The third-order valence-electron chi connectivity index (χ3n) is 4.45. The minimum absolute atomic E-state index is 0.333. The number of ether oxygens (including phenoxy) is 1. The predicted molar refractivity (Wildman–Crippen MR) is 95.3 cm³/mol. The summed E-state index contributed by atoms with van der Waals surface area (Å²) in [7, 11) is 0. The fourth-order valence-electron chi connectivity index (χ4n) is 3.14. The van der Waals surface area contributed by atoms with Crippen LogP contribution >= 0.6 is 0 Å². The van der Waals surface area contributed by atoms with Gasteiger partial charge >= 0.3 is 0 Å². The molecule has 5 heteroatoms. The molecule has 0 amide bonds. The number of rotatable bonds is 4. The quantitative estimate of drug-likeness (QED) is 0.767. The van der Waals surface area contributed by atoms with E-state index in [0.717, 1.165) is 25.9 Å². The zero-order valence-electron chi connectivity index (χ0n) is 13.9. The number of aromatic nitrogens is 2. The van der Waals surface area contributed by atoms with Crippen LogP contribution in [-0.4, -0.2) is 22.9 Å². The van der Waals surface area contributed by atoms with E-state index < -0.39 is 0 Å². The van der Waals surface area contributed by atoms with Crippen LogP contribution < -0.4 is 10.1 Å². The van der Waals surface area contributed by atoms with Gasteiger partial charge in [-0.2, -0.15) is 5.10 Å². The van der Waals surface area contributed by atoms with Gasteiger partial charge in [-0.05, 0) is 49.7 Å². The number of hydrogen-bond donors (Lipinski definition) is 1. The van der Waals surface area contributed by atoms with Crippen LogP contribution in [0.3, 0.4) is 0 Å². The van der Waals surface area contributed by atoms with Gasteiger partial charge in [0.2, 0.25) is 0 Å². The first-order valence-electron chi connectivity index (χ1n) is 8.58. The molecule has 1 saturated heterocycles. The molecule has 1 aliphatic heterocycles. The van der Waals surface area contributed by atoms with E-state index >= 15 is 0 Å². The highest BCUT2D eigenvalue weighted by atomic mass is 19.1. The highest BCUT2D eigenvalue weighted by molar-refractivity contribution is 5.60. The molecule has 1 aliphatic rings. The van der Waals surface area contributed by atoms with Crippen LogP contribution in [0.4, 0.5) is 4.39 Å². The first-order chi connectivity index (χ1) is 12.3. The Bertz CT molecular complexity index is 841. The van der Waals surface area contributed by atoms with E-state index in [2.05, 4.69) is 10.4 Å². The van der Waals surface area contributed by atoms with E-state index in [0.29, 0.717) is 28.8 Å². The Morgan fingerprint density at radius 1 is 1.08 bits per heavy atom. The highest BCUT2D eigenvalue weighted by Gasteiger charge is 2.17. The molecule has 3 aromatic rings. The molecule has 1 N–H and O–H groups in total. The van der Waals surface area contributed by atoms with Crippen molar-refractivity contribution in [2.24, 2.45) is 0 Å². The van der Waals surface area contributed by atoms with Crippen molar-refractivity contribution in [3.05, 3.63) is 66.6 Å². The van der Waals surface area contributed by atoms with Gasteiger partial charge in [0.25, 0.3) is 0 Å². The summed E-state index contributed by atoms with van der Waals surface area (Å²) in [6.07, 6.45) is 4.17. The van der Waals surface area contributed by atoms with Gasteiger partial charge in [-0.1, -0.05) is 18.2 Å². The highest BCUT2D eigenvalue weighted by Crippen LogP contribution is 2.28. The third kappa shape index (κ3) is 3.56. The molecule has 0 spiro atoms. The van der Waals surface area contributed by atoms with E-state index in [-0.39, 0.29) is 5.82 Å². The van der Waals surface area contributed by atoms with Crippen molar-refractivity contribution >= 4 is 0 Å². The molecule has 0 bridgehead atoms. The standard InChI is InChI=1S/C20H20FN3O/c21-19-13-17(25-16-6-2-1-3-7-16)8-9-18(19)20-10-12-24(23-20)15-5-4-11-22-14-15/h1-3,6-10,12-13,15,22H,4-5,11,14H2/t15-/m1/s1. The first kappa shape index (κ1) is 15.8. The monoisotopic (exact) mass is 337 g/mol. The summed E-state index contributed by atoms with van der Waals surface area (Å²) in [5.41, 5.74) is 1.14. The Labute approximate surface area is 146 Å². The molecule has 0 aliphatic carbocycles. The van der Waals surface area contributed by atoms with Gasteiger partial charge in [-0.3, -0.25) is 4.68 Å². The average molecular weight is 337 g/mol. The molecule has 0 radical (unpaired) electrons. The van der Waals surface area contributed by atoms with Crippen LogP contribution in [0.1, 0.15) is 18.9 Å². The zero-order valence-corrected chi connectivity index (χ0v) is 13.9. The molecule has 0 unspecified atom stereocenters. The Morgan fingerprint density at radius 2 is 1.96 bits per heavy atom. The summed E-state index contributed by atoms with van der Waals surface area (Å²) in [5, 5.41) is 7.95. The van der Waals surface area contributed by atoms with Gasteiger partial charge in [0.1, 0.15) is 17.3 Å². The maximum atomic E-state index is 14.5. The lowest BCUT2D eigenvalue weighted by atomic mass is 10.1. The molecule has 128 valence electrons. The molecule has 1 atom stereocenters. The SMILES string of the molecule is Fc1cc(Oc2ccccc2)ccc1-c1ccn([C@@H]2CCCNC2)n1. The number of benzene rings is 2. The van der Waals surface area contributed by atoms with Gasteiger partial charge in [-0.25, -0.2) is 4.39 Å². The van der Waals surface area contributed by atoms with Crippen molar-refractivity contribution in [3.63, 3.8) is 0 Å². The average Bonchev–Trinajstić information content (AvgIpc) is 3.13. The van der Waals surface area contributed by atoms with Gasteiger partial charge in [-0.15, -0.1) is 0 Å². The van der Waals surface area contributed by atoms with Crippen molar-refractivity contribution < 1.29 is 9.13 Å². The maximum Gasteiger partial charge on any atom is 0.136 e. The van der Waals surface area contributed by atoms with Crippen molar-refractivity contribution in [2.75, 3.05) is 13.1 Å². The number of nitrogens with zero attached hydrogens (tertiary/aromatic N) is 2. The number of para-hydroxylation sites is 1. The number of nitrogens with one attached hydrogen (secondary N) is 1. The molecule has 4 rings (SSSR count). The second kappa shape index (κ2) is 7.07. The molecule has 0 saturated carbocycles. The Kier molecular flexibility index (Phi) is 4.48. The smallest absolute Gasteiger partial charge is 0.136 e. The van der Waals surface area contributed by atoms with Crippen molar-refractivity contribution in [2.45, 2.75) is 18.9 Å². The van der Waals surface area contributed by atoms with E-state index in [1.54, 1.807) is 12.1 Å². The summed E-state index contributed by atoms with van der Waals surface area (Å²) < 4.78 is 22.2. The van der Waals surface area contributed by atoms with Crippen molar-refractivity contribution in [1.29, 1.82) is 0 Å². The Balaban J connectivity index is 1.54. The maximum absolute atomic E-state index is 14.5. The number of hydrogen-bond acceptors (Lipinski definition) is 3. The van der Waals surface area contributed by atoms with Crippen LogP contribution in [0.2, 0.25) is 0 Å². The molecule has 4 nitrogen and oxygen atoms in total. The number of piperidine rings is 1. The normalized spacial score (nSPS) is 17.4.